The van der Waals surface area contributed by atoms with E-state index in [2.05, 4.69) is 5.32 Å². The van der Waals surface area contributed by atoms with Gasteiger partial charge < -0.3 is 0 Å². The Balaban J connectivity index is 2.72. The average Bonchev–Trinajstić information content (AvgIpc) is 2.11. The van der Waals surface area contributed by atoms with Crippen LogP contribution in [0.4, 0.5) is 4.79 Å². The summed E-state index contributed by atoms with van der Waals surface area (Å²) in [6, 6.07) is -0.466. The molecule has 4 nitrogen and oxygen atoms in total. The maximum absolute atomic E-state index is 10.8. The number of hydrogen-bond donors (Lipinski definition) is 0. The number of nitrogens with zero attached hydrogens (tertiary/aromatic N) is 2. The van der Waals surface area contributed by atoms with Crippen LogP contribution in [0.1, 0.15) is 13.8 Å². The topological polar surface area (TPSA) is 51.5 Å². The Hall–Kier alpha value is -1.06. The van der Waals surface area contributed by atoms with Gasteiger partial charge in [0.05, 0.1) is 0 Å². The zero-order valence-electron chi connectivity index (χ0n) is 6.00. The third-order valence-corrected chi connectivity index (χ3v) is 1.34. The molecule has 0 saturated carbocycles. The first kappa shape index (κ1) is 7.05. The molecule has 0 aromatic carbocycles. The second kappa shape index (κ2) is 2.28. The van der Waals surface area contributed by atoms with Crippen LogP contribution in [0.15, 0.2) is 0 Å². The Labute approximate surface area is 59.2 Å². The van der Waals surface area contributed by atoms with E-state index in [1.807, 2.05) is 0 Å². The van der Waals surface area contributed by atoms with Crippen molar-refractivity contribution in [2.45, 2.75) is 19.9 Å². The minimum atomic E-state index is -0.403. The lowest BCUT2D eigenvalue weighted by Gasteiger charge is -2.15. The first-order valence-corrected chi connectivity index (χ1v) is 3.16. The van der Waals surface area contributed by atoms with Crippen LogP contribution in [0.5, 0.6) is 0 Å². The summed E-state index contributed by atoms with van der Waals surface area (Å²) >= 11 is 0. The average molecular weight is 141 g/mol. The molecule has 4 heteroatoms. The SMILES string of the molecule is CC(C)N1C(=O)C[N]C1=O. The fraction of sp³-hybridized carbons (Fsp3) is 0.667. The summed E-state index contributed by atoms with van der Waals surface area (Å²) in [7, 11) is 0. The number of carbonyl (C=O) groups is 2. The number of hydrogen-bond acceptors (Lipinski definition) is 2. The number of urea groups is 1. The van der Waals surface area contributed by atoms with Gasteiger partial charge >= 0.3 is 6.03 Å². The van der Waals surface area contributed by atoms with Crippen LogP contribution in [0.3, 0.4) is 0 Å². The molecule has 0 unspecified atom stereocenters. The van der Waals surface area contributed by atoms with Crippen LogP contribution in [-0.2, 0) is 4.79 Å². The highest BCUT2D eigenvalue weighted by atomic mass is 16.2. The minimum Gasteiger partial charge on any atom is -0.272 e. The molecular formula is C6H9N2O2. The zero-order chi connectivity index (χ0) is 7.72. The number of carbonyl (C=O) groups excluding carboxylic acids is 2. The molecule has 1 radical (unpaired) electrons. The van der Waals surface area contributed by atoms with E-state index < -0.39 is 6.03 Å². The van der Waals surface area contributed by atoms with Crippen molar-refractivity contribution < 1.29 is 9.59 Å². The first-order chi connectivity index (χ1) is 4.63. The van der Waals surface area contributed by atoms with Crippen molar-refractivity contribution in [2.75, 3.05) is 6.54 Å². The van der Waals surface area contributed by atoms with Gasteiger partial charge in [-0.1, -0.05) is 0 Å². The van der Waals surface area contributed by atoms with Gasteiger partial charge in [-0.3, -0.25) is 9.69 Å². The molecule has 0 aromatic rings. The second-order valence-electron chi connectivity index (χ2n) is 2.46. The third kappa shape index (κ3) is 0.964. The van der Waals surface area contributed by atoms with Crippen LogP contribution in [0.25, 0.3) is 0 Å². The number of amides is 3. The lowest BCUT2D eigenvalue weighted by Crippen LogP contribution is -2.35. The zero-order valence-corrected chi connectivity index (χ0v) is 6.00. The summed E-state index contributed by atoms with van der Waals surface area (Å²) in [4.78, 5) is 22.8. The molecule has 0 aromatic heterocycles. The lowest BCUT2D eigenvalue weighted by atomic mass is 10.3. The highest BCUT2D eigenvalue weighted by molar-refractivity contribution is 6.01. The molecule has 0 bridgehead atoms. The Morgan fingerprint density at radius 3 is 2.30 bits per heavy atom. The molecule has 1 aliphatic heterocycles. The summed E-state index contributed by atoms with van der Waals surface area (Å²) in [6.45, 7) is 3.60. The summed E-state index contributed by atoms with van der Waals surface area (Å²) in [5.41, 5.74) is 0. The van der Waals surface area contributed by atoms with E-state index in [0.717, 1.165) is 0 Å². The van der Waals surface area contributed by atoms with Crippen molar-refractivity contribution in [1.29, 1.82) is 0 Å². The largest absolute Gasteiger partial charge is 0.346 e. The van der Waals surface area contributed by atoms with Gasteiger partial charge in [-0.25, -0.2) is 10.1 Å². The van der Waals surface area contributed by atoms with Crippen molar-refractivity contribution in [1.82, 2.24) is 10.2 Å². The van der Waals surface area contributed by atoms with Gasteiger partial charge in [0.2, 0.25) is 0 Å². The second-order valence-corrected chi connectivity index (χ2v) is 2.46. The third-order valence-electron chi connectivity index (χ3n) is 1.34. The van der Waals surface area contributed by atoms with E-state index in [-0.39, 0.29) is 18.5 Å². The minimum absolute atomic E-state index is 0.0248. The first-order valence-electron chi connectivity index (χ1n) is 3.16. The smallest absolute Gasteiger partial charge is 0.272 e. The molecule has 1 fully saturated rings. The van der Waals surface area contributed by atoms with Crippen LogP contribution in [0.2, 0.25) is 0 Å². The van der Waals surface area contributed by atoms with Gasteiger partial charge in [0.25, 0.3) is 5.91 Å². The fourth-order valence-corrected chi connectivity index (χ4v) is 0.903. The predicted octanol–water partition coefficient (Wildman–Crippen LogP) is -0.0386. The van der Waals surface area contributed by atoms with Crippen LogP contribution >= 0.6 is 0 Å². The standard InChI is InChI=1S/C6H9N2O2/c1-4(2)8-5(9)3-7-6(8)10/h4H,3H2,1-2H3. The van der Waals surface area contributed by atoms with Crippen LogP contribution < -0.4 is 5.32 Å². The molecule has 0 aliphatic carbocycles. The summed E-state index contributed by atoms with van der Waals surface area (Å²) in [5, 5.41) is 3.46. The van der Waals surface area contributed by atoms with Crippen molar-refractivity contribution in [3.8, 4) is 0 Å². The van der Waals surface area contributed by atoms with E-state index in [4.69, 9.17) is 0 Å². The van der Waals surface area contributed by atoms with Gasteiger partial charge in [-0.05, 0) is 13.8 Å². The molecule has 1 rings (SSSR count). The van der Waals surface area contributed by atoms with E-state index in [0.29, 0.717) is 0 Å². The fourth-order valence-electron chi connectivity index (χ4n) is 0.903. The van der Waals surface area contributed by atoms with Crippen molar-refractivity contribution in [3.05, 3.63) is 0 Å². The summed E-state index contributed by atoms with van der Waals surface area (Å²) < 4.78 is 0. The van der Waals surface area contributed by atoms with Crippen LogP contribution in [0, 0.1) is 0 Å². The van der Waals surface area contributed by atoms with Crippen molar-refractivity contribution in [2.24, 2.45) is 0 Å². The highest BCUT2D eigenvalue weighted by Gasteiger charge is 2.31. The van der Waals surface area contributed by atoms with Crippen LogP contribution in [-0.4, -0.2) is 29.4 Å². The summed E-state index contributed by atoms with van der Waals surface area (Å²) in [5.74, 6) is -0.194. The highest BCUT2D eigenvalue weighted by Crippen LogP contribution is 2.05. The van der Waals surface area contributed by atoms with E-state index >= 15 is 0 Å². The molecule has 1 saturated heterocycles. The maximum Gasteiger partial charge on any atom is 0.346 e. The summed E-state index contributed by atoms with van der Waals surface area (Å²) in [6.07, 6.45) is 0. The number of imide groups is 1. The van der Waals surface area contributed by atoms with Gasteiger partial charge in [0.1, 0.15) is 6.54 Å². The van der Waals surface area contributed by atoms with Crippen molar-refractivity contribution >= 4 is 11.9 Å². The molecule has 55 valence electrons. The normalized spacial score (nSPS) is 18.5. The monoisotopic (exact) mass is 141 g/mol. The van der Waals surface area contributed by atoms with Gasteiger partial charge in [0, 0.05) is 6.04 Å². The molecule has 0 atom stereocenters. The molecule has 3 amide bonds. The molecular weight excluding hydrogens is 132 g/mol. The maximum atomic E-state index is 10.8. The van der Waals surface area contributed by atoms with Crippen molar-refractivity contribution in [3.63, 3.8) is 0 Å². The molecule has 0 N–H and O–H groups in total. The Bertz CT molecular complexity index is 161. The van der Waals surface area contributed by atoms with Gasteiger partial charge in [0.15, 0.2) is 0 Å². The van der Waals surface area contributed by atoms with Gasteiger partial charge in [-0.15, -0.1) is 0 Å². The Morgan fingerprint density at radius 2 is 2.10 bits per heavy atom. The van der Waals surface area contributed by atoms with E-state index in [1.165, 1.54) is 4.90 Å². The van der Waals surface area contributed by atoms with E-state index in [9.17, 15) is 9.59 Å². The molecule has 1 heterocycles. The Morgan fingerprint density at radius 1 is 1.50 bits per heavy atom. The molecule has 0 spiro atoms. The molecule has 10 heavy (non-hydrogen) atoms. The quantitative estimate of drug-likeness (QED) is 0.481. The number of rotatable bonds is 1. The molecule has 1 aliphatic rings. The van der Waals surface area contributed by atoms with Gasteiger partial charge in [-0.2, -0.15) is 0 Å². The Kier molecular flexibility index (Phi) is 1.61. The predicted molar refractivity (Wildman–Crippen MR) is 34.4 cm³/mol. The van der Waals surface area contributed by atoms with E-state index in [1.54, 1.807) is 13.8 Å². The lowest BCUT2D eigenvalue weighted by molar-refractivity contribution is -0.126.